The third-order valence-corrected chi connectivity index (χ3v) is 31.2. The Balaban J connectivity index is 0.000000146. The highest BCUT2D eigenvalue weighted by Crippen LogP contribution is 2.59. The average molecular weight is 1860 g/mol. The number of hydrogen-bond acceptors (Lipinski definition) is 2. The lowest BCUT2D eigenvalue weighted by atomic mass is 9.67. The number of nitrogens with zero attached hydrogens (tertiary/aromatic N) is 2. The Labute approximate surface area is 851 Å². The summed E-state index contributed by atoms with van der Waals surface area (Å²) in [4.78, 5) is 4.83. The van der Waals surface area contributed by atoms with Gasteiger partial charge in [-0.2, -0.15) is 0 Å². The molecule has 2 aliphatic carbocycles. The minimum atomic E-state index is -0.523. The number of fused-ring (bicyclic) bond motifs is 18. The van der Waals surface area contributed by atoms with E-state index >= 15 is 0 Å². The Kier molecular flexibility index (Phi) is 21.3. The summed E-state index contributed by atoms with van der Waals surface area (Å²) in [6.07, 6.45) is 0. The molecule has 2 heteroatoms. The molecule has 0 unspecified atom stereocenters. The maximum absolute atomic E-state index is 2.46. The van der Waals surface area contributed by atoms with Crippen LogP contribution in [0, 0.1) is 0 Å². The van der Waals surface area contributed by atoms with Gasteiger partial charge in [0, 0.05) is 39.5 Å². The molecule has 2 nitrogen and oxygen atoms in total. The highest BCUT2D eigenvalue weighted by Gasteiger charge is 2.47. The Bertz CT molecular complexity index is 9110. The standard InChI is InChI=1S/C77H51N.C67H47N/c1-3-15-64(16-4-1)77(65-17-5-2-6-18-65)75-22-12-11-21-73(75)74-48-45-68(51-76(74)77)78(66-41-35-54(36-42-66)52-23-27-56(28-24-52)60-39-46-71-62(49-60)33-31-58-13-7-9-19-69(58)71)67-43-37-55(38-44-67)53-25-29-57(30-26-53)61-40-47-72-63(50-61)34-32-59-14-8-10-20-70(59)72;1-67(2)65-14-8-7-13-63(65)64-40-37-58(43-66(64)67)68(56-33-27-46(28-34-56)44-15-19-48(20-16-44)52-31-38-61-54(41-52)25-23-50-9-3-5-11-59(50)61)57-35-29-47(30-36-57)45-17-21-49(22-18-45)53-32-39-62-55(42-53)26-24-51-10-4-6-12-60(51)62/h1-51H;3-43H,1-2H3. The van der Waals surface area contributed by atoms with Crippen LogP contribution in [-0.4, -0.2) is 0 Å². The molecule has 684 valence electrons. The second-order valence-electron chi connectivity index (χ2n) is 39.7. The summed E-state index contributed by atoms with van der Waals surface area (Å²) in [5.74, 6) is 0. The van der Waals surface area contributed by atoms with E-state index in [1.165, 1.54) is 231 Å². The molecule has 0 saturated carbocycles. The van der Waals surface area contributed by atoms with Gasteiger partial charge in [0.05, 0.1) is 5.41 Å². The molecule has 0 fully saturated rings. The summed E-state index contributed by atoms with van der Waals surface area (Å²) in [6.45, 7) is 4.71. The Hall–Kier alpha value is -18.6. The first-order chi connectivity index (χ1) is 72.1. The molecule has 26 aromatic rings. The van der Waals surface area contributed by atoms with Gasteiger partial charge >= 0.3 is 0 Å². The lowest BCUT2D eigenvalue weighted by Crippen LogP contribution is -2.28. The summed E-state index contributed by atoms with van der Waals surface area (Å²) in [5.41, 5.74) is 38.2. The van der Waals surface area contributed by atoms with Gasteiger partial charge in [0.25, 0.3) is 0 Å². The van der Waals surface area contributed by atoms with E-state index in [-0.39, 0.29) is 5.41 Å². The lowest BCUT2D eigenvalue weighted by Gasteiger charge is -2.35. The van der Waals surface area contributed by atoms with Gasteiger partial charge in [-0.25, -0.2) is 0 Å². The molecule has 0 radical (unpaired) electrons. The second kappa shape index (κ2) is 35.9. The van der Waals surface area contributed by atoms with Gasteiger partial charge in [-0.05, 0) is 328 Å². The van der Waals surface area contributed by atoms with Gasteiger partial charge in [0.2, 0.25) is 0 Å². The molecule has 28 rings (SSSR count). The second-order valence-corrected chi connectivity index (χ2v) is 39.7. The fourth-order valence-electron chi connectivity index (χ4n) is 23.7. The van der Waals surface area contributed by atoms with E-state index < -0.39 is 5.41 Å². The van der Waals surface area contributed by atoms with Crippen LogP contribution in [-0.2, 0) is 10.8 Å². The molecular weight excluding hydrogens is 1760 g/mol. The highest BCUT2D eigenvalue weighted by molar-refractivity contribution is 6.13. The Morgan fingerprint density at radius 1 is 0.130 bits per heavy atom. The first-order valence-electron chi connectivity index (χ1n) is 50.8. The number of benzene rings is 26. The van der Waals surface area contributed by atoms with Gasteiger partial charge in [-0.1, -0.05) is 475 Å². The summed E-state index contributed by atoms with van der Waals surface area (Å²) in [7, 11) is 0. The SMILES string of the molecule is CC1(C)c2ccccc2-c2ccc(N(c3ccc(-c4ccc(-c5ccc6c(ccc7ccccc76)c5)cc4)cc3)c3ccc(-c4ccc(-c5ccc6c(ccc7ccccc76)c5)cc4)cc3)cc21.c1ccc(C2(c3ccccc3)c3ccccc3-c3ccc(N(c4ccc(-c5ccc(-c6ccc7c(ccc8ccccc87)c6)cc5)cc4)c4ccc(-c5ccc(-c6ccc7c(ccc8ccccc87)c6)cc5)cc4)cc32)cc1. The fraction of sp³-hybridized carbons (Fsp3) is 0.0278. The van der Waals surface area contributed by atoms with Gasteiger partial charge < -0.3 is 9.80 Å². The van der Waals surface area contributed by atoms with E-state index in [9.17, 15) is 0 Å². The summed E-state index contributed by atoms with van der Waals surface area (Å²) in [5, 5.41) is 20.4. The van der Waals surface area contributed by atoms with Crippen molar-refractivity contribution in [2.75, 3.05) is 9.80 Å². The Morgan fingerprint density at radius 3 is 0.644 bits per heavy atom. The smallest absolute Gasteiger partial charge is 0.0714 e. The van der Waals surface area contributed by atoms with Crippen molar-refractivity contribution in [2.24, 2.45) is 0 Å². The molecule has 146 heavy (non-hydrogen) atoms. The quantitative estimate of drug-likeness (QED) is 0.0890. The third kappa shape index (κ3) is 15.2. The zero-order chi connectivity index (χ0) is 96.9. The summed E-state index contributed by atoms with van der Waals surface area (Å²) < 4.78 is 0. The first-order valence-corrected chi connectivity index (χ1v) is 50.8. The molecule has 0 heterocycles. The van der Waals surface area contributed by atoms with E-state index in [1.807, 2.05) is 0 Å². The van der Waals surface area contributed by atoms with Gasteiger partial charge in [-0.3, -0.25) is 0 Å². The fourth-order valence-corrected chi connectivity index (χ4v) is 23.7. The molecule has 2 aliphatic rings. The van der Waals surface area contributed by atoms with Crippen LogP contribution >= 0.6 is 0 Å². The van der Waals surface area contributed by atoms with E-state index in [2.05, 4.69) is 582 Å². The van der Waals surface area contributed by atoms with Crippen LogP contribution in [0.3, 0.4) is 0 Å². The van der Waals surface area contributed by atoms with Gasteiger partial charge in [0.15, 0.2) is 0 Å². The minimum absolute atomic E-state index is 0.109. The molecular formula is C144H98N2. The van der Waals surface area contributed by atoms with Crippen LogP contribution in [0.15, 0.2) is 558 Å². The van der Waals surface area contributed by atoms with E-state index in [0.717, 1.165) is 34.1 Å². The van der Waals surface area contributed by atoms with Gasteiger partial charge in [-0.15, -0.1) is 0 Å². The van der Waals surface area contributed by atoms with Crippen LogP contribution < -0.4 is 9.80 Å². The summed E-state index contributed by atoms with van der Waals surface area (Å²) >= 11 is 0. The first kappa shape index (κ1) is 86.5. The topological polar surface area (TPSA) is 6.48 Å². The zero-order valence-corrected chi connectivity index (χ0v) is 81.0. The highest BCUT2D eigenvalue weighted by atomic mass is 15.1. The zero-order valence-electron chi connectivity index (χ0n) is 81.0. The van der Waals surface area contributed by atoms with Gasteiger partial charge in [0.1, 0.15) is 0 Å². The van der Waals surface area contributed by atoms with Crippen LogP contribution in [0.25, 0.3) is 197 Å². The molecule has 26 aromatic carbocycles. The molecule has 0 saturated heterocycles. The Morgan fingerprint density at radius 2 is 0.336 bits per heavy atom. The van der Waals surface area contributed by atoms with Crippen molar-refractivity contribution in [3.8, 4) is 111 Å². The molecule has 0 aromatic heterocycles. The number of rotatable bonds is 16. The molecule has 0 spiro atoms. The third-order valence-electron chi connectivity index (χ3n) is 31.2. The van der Waals surface area contributed by atoms with Crippen molar-refractivity contribution >= 4 is 120 Å². The maximum atomic E-state index is 2.46. The minimum Gasteiger partial charge on any atom is -0.310 e. The van der Waals surface area contributed by atoms with Crippen LogP contribution in [0.5, 0.6) is 0 Å². The van der Waals surface area contributed by atoms with E-state index in [4.69, 9.17) is 0 Å². The van der Waals surface area contributed by atoms with Crippen LogP contribution in [0.4, 0.5) is 34.1 Å². The molecule has 0 N–H and O–H groups in total. The predicted molar refractivity (Wildman–Crippen MR) is 621 cm³/mol. The van der Waals surface area contributed by atoms with E-state index in [1.54, 1.807) is 0 Å². The number of hydrogen-bond donors (Lipinski definition) is 0. The predicted octanol–water partition coefficient (Wildman–Crippen LogP) is 39.5. The van der Waals surface area contributed by atoms with Crippen molar-refractivity contribution in [3.05, 3.63) is 591 Å². The molecule has 0 bridgehead atoms. The van der Waals surface area contributed by atoms with Crippen LogP contribution in [0.2, 0.25) is 0 Å². The van der Waals surface area contributed by atoms with E-state index in [0.29, 0.717) is 0 Å². The molecule has 0 amide bonds. The van der Waals surface area contributed by atoms with Crippen molar-refractivity contribution in [1.29, 1.82) is 0 Å². The normalized spacial score (nSPS) is 12.6. The van der Waals surface area contributed by atoms with Crippen LogP contribution in [0.1, 0.15) is 47.2 Å². The largest absolute Gasteiger partial charge is 0.310 e. The number of anilines is 6. The average Bonchev–Trinajstić information content (AvgIpc) is 1.53. The molecule has 0 aliphatic heterocycles. The lowest BCUT2D eigenvalue weighted by molar-refractivity contribution is 0.660. The van der Waals surface area contributed by atoms with Crippen molar-refractivity contribution in [3.63, 3.8) is 0 Å². The summed E-state index contributed by atoms with van der Waals surface area (Å²) in [6, 6.07) is 206. The molecule has 0 atom stereocenters. The van der Waals surface area contributed by atoms with Crippen molar-refractivity contribution in [1.82, 2.24) is 0 Å². The monoisotopic (exact) mass is 1850 g/mol. The van der Waals surface area contributed by atoms with Crippen molar-refractivity contribution < 1.29 is 0 Å². The van der Waals surface area contributed by atoms with Crippen molar-refractivity contribution in [2.45, 2.75) is 24.7 Å². The maximum Gasteiger partial charge on any atom is 0.0714 e.